The van der Waals surface area contributed by atoms with Crippen LogP contribution in [0.5, 0.6) is 0 Å². The van der Waals surface area contributed by atoms with E-state index < -0.39 is 6.67 Å². The molecule has 3 rings (SSSR count). The van der Waals surface area contributed by atoms with Crippen LogP contribution in [0.4, 0.5) is 4.39 Å². The number of fused-ring (bicyclic) bond motifs is 1. The summed E-state index contributed by atoms with van der Waals surface area (Å²) in [5.74, 6) is 1.67. The van der Waals surface area contributed by atoms with Crippen LogP contribution >= 0.6 is 11.8 Å². The summed E-state index contributed by atoms with van der Waals surface area (Å²) in [6, 6.07) is 0. The second kappa shape index (κ2) is 8.12. The molecule has 0 radical (unpaired) electrons. The summed E-state index contributed by atoms with van der Waals surface area (Å²) in [6.45, 7) is 4.69. The summed E-state index contributed by atoms with van der Waals surface area (Å²) in [6.07, 6.45) is 7.48. The van der Waals surface area contributed by atoms with Gasteiger partial charge in [-0.3, -0.25) is 0 Å². The highest BCUT2D eigenvalue weighted by molar-refractivity contribution is 8.15. The normalized spacial score (nSPS) is 21.9. The lowest BCUT2D eigenvalue weighted by atomic mass is 10.1. The van der Waals surface area contributed by atoms with Crippen molar-refractivity contribution in [3.05, 3.63) is 47.5 Å². The molecule has 7 heteroatoms. The van der Waals surface area contributed by atoms with Gasteiger partial charge in [-0.05, 0) is 30.1 Å². The minimum Gasteiger partial charge on any atom is -0.491 e. The van der Waals surface area contributed by atoms with Crippen molar-refractivity contribution in [1.82, 2.24) is 9.80 Å². The summed E-state index contributed by atoms with van der Waals surface area (Å²) >= 11 is 1.75. The van der Waals surface area contributed by atoms with Crippen LogP contribution < -0.4 is 0 Å². The van der Waals surface area contributed by atoms with Crippen molar-refractivity contribution in [3.8, 4) is 0 Å². The van der Waals surface area contributed by atoms with Crippen LogP contribution in [-0.4, -0.2) is 67.0 Å². The van der Waals surface area contributed by atoms with Gasteiger partial charge in [-0.2, -0.15) is 0 Å². The molecule has 3 aliphatic rings. The maximum absolute atomic E-state index is 12.3. The predicted molar refractivity (Wildman–Crippen MR) is 107 cm³/mol. The minimum atomic E-state index is -0.481. The van der Waals surface area contributed by atoms with Gasteiger partial charge in [0.2, 0.25) is 5.96 Å². The summed E-state index contributed by atoms with van der Waals surface area (Å²) in [5, 5.41) is 1.29. The molecule has 26 heavy (non-hydrogen) atoms. The van der Waals surface area contributed by atoms with Crippen LogP contribution in [0.3, 0.4) is 0 Å². The Labute approximate surface area is 158 Å². The zero-order valence-corrected chi connectivity index (χ0v) is 16.4. The van der Waals surface area contributed by atoms with Gasteiger partial charge in [0, 0.05) is 40.0 Å². The van der Waals surface area contributed by atoms with Crippen LogP contribution in [0, 0.1) is 0 Å². The molecule has 2 aliphatic heterocycles. The number of ether oxygens (including phenoxy) is 1. The average Bonchev–Trinajstić information content (AvgIpc) is 3.03. The second-order valence-electron chi connectivity index (χ2n) is 6.72. The summed E-state index contributed by atoms with van der Waals surface area (Å²) in [7, 11) is 6.03. The first-order valence-corrected chi connectivity index (χ1v) is 9.54. The number of nitrogens with zero attached hydrogens (tertiary/aromatic N) is 4. The summed E-state index contributed by atoms with van der Waals surface area (Å²) in [4.78, 5) is 13.4. The van der Waals surface area contributed by atoms with E-state index in [2.05, 4.69) is 16.5 Å². The highest BCUT2D eigenvalue weighted by Gasteiger charge is 2.29. The number of thioether (sulfide) groups is 1. The molecule has 0 aromatic carbocycles. The van der Waals surface area contributed by atoms with Gasteiger partial charge in [-0.1, -0.05) is 18.3 Å². The number of guanidine groups is 1. The van der Waals surface area contributed by atoms with Gasteiger partial charge in [-0.15, -0.1) is 0 Å². The Hall–Kier alpha value is -2.02. The summed E-state index contributed by atoms with van der Waals surface area (Å²) in [5.41, 5.74) is 3.23. The fraction of sp³-hybridized carbons (Fsp3) is 0.474. The Morgan fingerprint density at radius 1 is 1.50 bits per heavy atom. The first kappa shape index (κ1) is 18.8. The topological polar surface area (TPSA) is 40.4 Å². The number of halogens is 1. The Balaban J connectivity index is 1.64. The van der Waals surface area contributed by atoms with E-state index in [1.165, 1.54) is 5.57 Å². The fourth-order valence-corrected chi connectivity index (χ4v) is 4.22. The van der Waals surface area contributed by atoms with Gasteiger partial charge in [0.15, 0.2) is 0 Å². The van der Waals surface area contributed by atoms with Gasteiger partial charge in [0.05, 0.1) is 16.0 Å². The third kappa shape index (κ3) is 4.20. The number of allylic oxidation sites excluding steroid dienone is 2. The van der Waals surface area contributed by atoms with E-state index in [9.17, 15) is 4.39 Å². The molecule has 5 nitrogen and oxygen atoms in total. The smallest absolute Gasteiger partial charge is 0.200 e. The molecule has 0 saturated carbocycles. The molecular formula is C19H25FN4OS. The average molecular weight is 377 g/mol. The third-order valence-electron chi connectivity index (χ3n) is 4.27. The van der Waals surface area contributed by atoms with E-state index >= 15 is 0 Å². The lowest BCUT2D eigenvalue weighted by Gasteiger charge is -2.30. The third-order valence-corrected chi connectivity index (χ3v) is 5.59. The Morgan fingerprint density at radius 3 is 3.00 bits per heavy atom. The monoisotopic (exact) mass is 376 g/mol. The van der Waals surface area contributed by atoms with Gasteiger partial charge in [0.1, 0.15) is 19.0 Å². The van der Waals surface area contributed by atoms with Gasteiger partial charge < -0.3 is 14.5 Å². The zero-order valence-electron chi connectivity index (χ0n) is 15.5. The SMILES string of the molecule is C=C(CC1=CN=C(N(C)C)N(C)C1)C1=NC2=CC(OCCF)=CCC2S1. The van der Waals surface area contributed by atoms with Crippen LogP contribution in [0.15, 0.2) is 57.5 Å². The van der Waals surface area contributed by atoms with Crippen LogP contribution in [0.1, 0.15) is 12.8 Å². The number of rotatable bonds is 6. The lowest BCUT2D eigenvalue weighted by molar-refractivity contribution is 0.195. The Kier molecular flexibility index (Phi) is 5.86. The number of hydrogen-bond acceptors (Lipinski definition) is 6. The molecule has 0 bridgehead atoms. The molecule has 0 N–H and O–H groups in total. The molecule has 1 aliphatic carbocycles. The van der Waals surface area contributed by atoms with Crippen LogP contribution in [-0.2, 0) is 4.74 Å². The van der Waals surface area contributed by atoms with Crippen molar-refractivity contribution in [1.29, 1.82) is 0 Å². The first-order chi connectivity index (χ1) is 12.5. The maximum Gasteiger partial charge on any atom is 0.200 e. The molecule has 0 fully saturated rings. The molecule has 140 valence electrons. The molecule has 0 spiro atoms. The second-order valence-corrected chi connectivity index (χ2v) is 7.91. The number of hydrogen-bond donors (Lipinski definition) is 0. The van der Waals surface area contributed by atoms with Gasteiger partial charge >= 0.3 is 0 Å². The van der Waals surface area contributed by atoms with Crippen molar-refractivity contribution >= 4 is 22.8 Å². The standard InChI is InChI=1S/C19H25FN4OS/c1-13(9-14-11-21-19(23(2)3)24(4)12-14)18-22-16-10-15(25-8-7-20)5-6-17(16)26-18/h5,10-11,17H,1,6-9,12H2,2-4H3. The highest BCUT2D eigenvalue weighted by Crippen LogP contribution is 2.39. The molecular weight excluding hydrogens is 351 g/mol. The Morgan fingerprint density at radius 2 is 2.31 bits per heavy atom. The number of alkyl halides is 1. The minimum absolute atomic E-state index is 0.0911. The lowest BCUT2D eigenvalue weighted by Crippen LogP contribution is -2.40. The first-order valence-electron chi connectivity index (χ1n) is 8.66. The Bertz CT molecular complexity index is 736. The molecule has 0 aromatic heterocycles. The maximum atomic E-state index is 12.3. The van der Waals surface area contributed by atoms with E-state index in [0.29, 0.717) is 11.0 Å². The van der Waals surface area contributed by atoms with Crippen molar-refractivity contribution in [3.63, 3.8) is 0 Å². The molecule has 1 atom stereocenters. The largest absolute Gasteiger partial charge is 0.491 e. The molecule has 0 amide bonds. The molecule has 2 heterocycles. The van der Waals surface area contributed by atoms with E-state index in [4.69, 9.17) is 9.73 Å². The van der Waals surface area contributed by atoms with E-state index in [1.807, 2.05) is 44.4 Å². The highest BCUT2D eigenvalue weighted by atomic mass is 32.2. The van der Waals surface area contributed by atoms with Crippen LogP contribution in [0.2, 0.25) is 0 Å². The van der Waals surface area contributed by atoms with Crippen LogP contribution in [0.25, 0.3) is 0 Å². The van der Waals surface area contributed by atoms with Crippen molar-refractivity contribution in [2.45, 2.75) is 18.1 Å². The quantitative estimate of drug-likeness (QED) is 0.713. The zero-order chi connectivity index (χ0) is 18.7. The van der Waals surface area contributed by atoms with E-state index in [1.54, 1.807) is 11.8 Å². The van der Waals surface area contributed by atoms with Crippen molar-refractivity contribution in [2.24, 2.45) is 9.98 Å². The number of aliphatic imine (C=N–C) groups is 2. The summed E-state index contributed by atoms with van der Waals surface area (Å²) < 4.78 is 17.6. The van der Waals surface area contributed by atoms with Gasteiger partial charge in [-0.25, -0.2) is 14.4 Å². The predicted octanol–water partition coefficient (Wildman–Crippen LogP) is 3.35. The van der Waals surface area contributed by atoms with E-state index in [-0.39, 0.29) is 6.61 Å². The molecule has 0 saturated heterocycles. The van der Waals surface area contributed by atoms with Gasteiger partial charge in [0.25, 0.3) is 0 Å². The molecule has 1 unspecified atom stereocenters. The molecule has 0 aromatic rings. The van der Waals surface area contributed by atoms with Crippen molar-refractivity contribution < 1.29 is 9.13 Å². The van der Waals surface area contributed by atoms with Crippen molar-refractivity contribution in [2.75, 3.05) is 41.0 Å². The van der Waals surface area contributed by atoms with E-state index in [0.717, 1.165) is 41.7 Å². The fourth-order valence-electron chi connectivity index (χ4n) is 3.12. The number of likely N-dealkylation sites (N-methyl/N-ethyl adjacent to an activating group) is 1.